The van der Waals surface area contributed by atoms with Gasteiger partial charge in [0.1, 0.15) is 5.75 Å². The Morgan fingerprint density at radius 2 is 1.84 bits per heavy atom. The van der Waals surface area contributed by atoms with E-state index in [2.05, 4.69) is 22.3 Å². The number of nitrogens with one attached hydrogen (secondary N) is 1. The van der Waals surface area contributed by atoms with Crippen molar-refractivity contribution in [2.75, 3.05) is 18.4 Å². The lowest BCUT2D eigenvalue weighted by atomic mass is 10.1. The average molecular weight is 338 g/mol. The zero-order valence-electron chi connectivity index (χ0n) is 14.8. The molecule has 0 aliphatic carbocycles. The molecular weight excluding hydrogens is 312 g/mol. The van der Waals surface area contributed by atoms with Gasteiger partial charge in [-0.15, -0.1) is 0 Å². The van der Waals surface area contributed by atoms with Crippen LogP contribution in [0.25, 0.3) is 0 Å². The van der Waals surface area contributed by atoms with Crippen molar-refractivity contribution in [3.05, 3.63) is 60.2 Å². The van der Waals surface area contributed by atoms with Gasteiger partial charge in [-0.05, 0) is 62.7 Å². The van der Waals surface area contributed by atoms with Crippen LogP contribution >= 0.6 is 0 Å². The van der Waals surface area contributed by atoms with Gasteiger partial charge in [0.05, 0.1) is 0 Å². The molecule has 1 fully saturated rings. The second-order valence-electron chi connectivity index (χ2n) is 6.60. The number of para-hydroxylation sites is 1. The number of likely N-dealkylation sites (tertiary alicyclic amines) is 1. The molecule has 1 aliphatic rings. The second kappa shape index (κ2) is 8.67. The van der Waals surface area contributed by atoms with Gasteiger partial charge in [-0.3, -0.25) is 9.69 Å². The third-order valence-electron chi connectivity index (χ3n) is 4.47. The van der Waals surface area contributed by atoms with Gasteiger partial charge in [0, 0.05) is 12.2 Å². The SMILES string of the molecule is C[C@@H](Oc1ccccc1)C(=O)Nc1cccc(CN2CCCCC2)c1. The summed E-state index contributed by atoms with van der Waals surface area (Å²) in [5.74, 6) is 0.558. The number of nitrogens with zero attached hydrogens (tertiary/aromatic N) is 1. The molecule has 0 bridgehead atoms. The third-order valence-corrected chi connectivity index (χ3v) is 4.47. The van der Waals surface area contributed by atoms with E-state index in [-0.39, 0.29) is 5.91 Å². The summed E-state index contributed by atoms with van der Waals surface area (Å²) >= 11 is 0. The fourth-order valence-electron chi connectivity index (χ4n) is 3.12. The Hall–Kier alpha value is -2.33. The minimum Gasteiger partial charge on any atom is -0.481 e. The minimum atomic E-state index is -0.548. The Balaban J connectivity index is 1.56. The van der Waals surface area contributed by atoms with Crippen LogP contribution in [0.5, 0.6) is 5.75 Å². The number of carbonyl (C=O) groups is 1. The molecule has 25 heavy (non-hydrogen) atoms. The number of benzene rings is 2. The van der Waals surface area contributed by atoms with Crippen molar-refractivity contribution in [2.45, 2.75) is 38.8 Å². The topological polar surface area (TPSA) is 41.6 Å². The van der Waals surface area contributed by atoms with E-state index in [1.807, 2.05) is 42.5 Å². The standard InChI is InChI=1S/C21H26N2O2/c1-17(25-20-11-4-2-5-12-20)21(24)22-19-10-8-9-18(15-19)16-23-13-6-3-7-14-23/h2,4-5,8-12,15,17H,3,6-7,13-14,16H2,1H3,(H,22,24)/t17-/m1/s1. The Morgan fingerprint density at radius 3 is 2.60 bits per heavy atom. The fourth-order valence-corrected chi connectivity index (χ4v) is 3.12. The molecule has 0 spiro atoms. The van der Waals surface area contributed by atoms with E-state index in [1.54, 1.807) is 6.92 Å². The molecule has 0 aromatic heterocycles. The molecule has 1 aliphatic heterocycles. The molecule has 0 saturated carbocycles. The van der Waals surface area contributed by atoms with Crippen LogP contribution in [0.1, 0.15) is 31.7 Å². The highest BCUT2D eigenvalue weighted by Crippen LogP contribution is 2.17. The number of rotatable bonds is 6. The van der Waals surface area contributed by atoms with Crippen LogP contribution in [-0.2, 0) is 11.3 Å². The first-order valence-corrected chi connectivity index (χ1v) is 9.04. The van der Waals surface area contributed by atoms with Gasteiger partial charge in [-0.2, -0.15) is 0 Å². The van der Waals surface area contributed by atoms with Crippen LogP contribution in [0.2, 0.25) is 0 Å². The normalized spacial score (nSPS) is 16.2. The van der Waals surface area contributed by atoms with Crippen LogP contribution in [0.15, 0.2) is 54.6 Å². The smallest absolute Gasteiger partial charge is 0.265 e. The van der Waals surface area contributed by atoms with Crippen molar-refractivity contribution in [3.63, 3.8) is 0 Å². The number of anilines is 1. The molecule has 0 unspecified atom stereocenters. The first-order valence-electron chi connectivity index (χ1n) is 9.04. The molecule has 132 valence electrons. The van der Waals surface area contributed by atoms with E-state index < -0.39 is 6.10 Å². The summed E-state index contributed by atoms with van der Waals surface area (Å²) < 4.78 is 5.68. The average Bonchev–Trinajstić information content (AvgIpc) is 2.63. The van der Waals surface area contributed by atoms with E-state index in [4.69, 9.17) is 4.74 Å². The lowest BCUT2D eigenvalue weighted by Gasteiger charge is -2.26. The van der Waals surface area contributed by atoms with E-state index in [1.165, 1.54) is 37.9 Å². The monoisotopic (exact) mass is 338 g/mol. The molecule has 2 aromatic rings. The largest absolute Gasteiger partial charge is 0.481 e. The molecule has 2 aromatic carbocycles. The van der Waals surface area contributed by atoms with Gasteiger partial charge in [-0.1, -0.05) is 36.8 Å². The summed E-state index contributed by atoms with van der Waals surface area (Å²) in [4.78, 5) is 14.8. The van der Waals surface area contributed by atoms with Crippen LogP contribution < -0.4 is 10.1 Å². The highest BCUT2D eigenvalue weighted by Gasteiger charge is 2.15. The zero-order chi connectivity index (χ0) is 17.5. The van der Waals surface area contributed by atoms with Gasteiger partial charge in [0.15, 0.2) is 6.10 Å². The molecule has 1 amide bonds. The molecule has 1 saturated heterocycles. The highest BCUT2D eigenvalue weighted by atomic mass is 16.5. The summed E-state index contributed by atoms with van der Waals surface area (Å²) in [5, 5.41) is 2.96. The van der Waals surface area contributed by atoms with Crippen LogP contribution in [0.3, 0.4) is 0 Å². The van der Waals surface area contributed by atoms with Gasteiger partial charge in [-0.25, -0.2) is 0 Å². The molecule has 3 rings (SSSR count). The number of carbonyl (C=O) groups excluding carboxylic acids is 1. The maximum Gasteiger partial charge on any atom is 0.265 e. The number of hydrogen-bond acceptors (Lipinski definition) is 3. The van der Waals surface area contributed by atoms with Gasteiger partial charge in [0.25, 0.3) is 5.91 Å². The van der Waals surface area contributed by atoms with E-state index in [9.17, 15) is 4.79 Å². The first kappa shape index (κ1) is 17.5. The number of hydrogen-bond donors (Lipinski definition) is 1. The van der Waals surface area contributed by atoms with Crippen molar-refractivity contribution < 1.29 is 9.53 Å². The summed E-state index contributed by atoms with van der Waals surface area (Å²) in [6, 6.07) is 17.5. The Bertz CT molecular complexity index is 681. The summed E-state index contributed by atoms with van der Waals surface area (Å²) in [6.07, 6.45) is 3.36. The van der Waals surface area contributed by atoms with Gasteiger partial charge >= 0.3 is 0 Å². The Kier molecular flexibility index (Phi) is 6.07. The quantitative estimate of drug-likeness (QED) is 0.863. The highest BCUT2D eigenvalue weighted by molar-refractivity contribution is 5.94. The lowest BCUT2D eigenvalue weighted by Crippen LogP contribution is -2.30. The van der Waals surface area contributed by atoms with Crippen molar-refractivity contribution in [1.29, 1.82) is 0 Å². The minimum absolute atomic E-state index is 0.140. The van der Waals surface area contributed by atoms with Crippen LogP contribution in [0.4, 0.5) is 5.69 Å². The third kappa shape index (κ3) is 5.33. The van der Waals surface area contributed by atoms with Crippen molar-refractivity contribution in [3.8, 4) is 5.75 Å². The second-order valence-corrected chi connectivity index (χ2v) is 6.60. The zero-order valence-corrected chi connectivity index (χ0v) is 14.8. The number of ether oxygens (including phenoxy) is 1. The van der Waals surface area contributed by atoms with Crippen LogP contribution in [-0.4, -0.2) is 30.0 Å². The maximum atomic E-state index is 12.4. The van der Waals surface area contributed by atoms with Crippen molar-refractivity contribution in [2.24, 2.45) is 0 Å². The summed E-state index contributed by atoms with van der Waals surface area (Å²) in [7, 11) is 0. The van der Waals surface area contributed by atoms with E-state index in [0.717, 1.165) is 12.2 Å². The van der Waals surface area contributed by atoms with Crippen molar-refractivity contribution >= 4 is 11.6 Å². The maximum absolute atomic E-state index is 12.4. The molecular formula is C21H26N2O2. The van der Waals surface area contributed by atoms with E-state index in [0.29, 0.717) is 5.75 Å². The predicted octanol–water partition coefficient (Wildman–Crippen LogP) is 4.08. The molecule has 1 atom stereocenters. The fraction of sp³-hybridized carbons (Fsp3) is 0.381. The Labute approximate surface area is 149 Å². The number of piperidine rings is 1. The summed E-state index contributed by atoms with van der Waals surface area (Å²) in [6.45, 7) is 5.04. The van der Waals surface area contributed by atoms with Crippen molar-refractivity contribution in [1.82, 2.24) is 4.90 Å². The Morgan fingerprint density at radius 1 is 1.08 bits per heavy atom. The molecule has 0 radical (unpaired) electrons. The first-order chi connectivity index (χ1) is 12.2. The van der Waals surface area contributed by atoms with E-state index >= 15 is 0 Å². The molecule has 4 heteroatoms. The van der Waals surface area contributed by atoms with Crippen LogP contribution in [0, 0.1) is 0 Å². The molecule has 4 nitrogen and oxygen atoms in total. The predicted molar refractivity (Wildman–Crippen MR) is 101 cm³/mol. The molecule has 1 heterocycles. The number of amides is 1. The lowest BCUT2D eigenvalue weighted by molar-refractivity contribution is -0.122. The molecule has 1 N–H and O–H groups in total. The van der Waals surface area contributed by atoms with Gasteiger partial charge in [0.2, 0.25) is 0 Å². The van der Waals surface area contributed by atoms with Gasteiger partial charge < -0.3 is 10.1 Å². The summed E-state index contributed by atoms with van der Waals surface area (Å²) in [5.41, 5.74) is 2.05.